The van der Waals surface area contributed by atoms with Gasteiger partial charge in [-0.3, -0.25) is 4.79 Å². The lowest BCUT2D eigenvalue weighted by Crippen LogP contribution is -2.38. The van der Waals surface area contributed by atoms with Gasteiger partial charge in [0.15, 0.2) is 0 Å². The normalized spacial score (nSPS) is 16.3. The largest absolute Gasteiger partial charge is 0.404 e. The Bertz CT molecular complexity index is 482. The van der Waals surface area contributed by atoms with Gasteiger partial charge >= 0.3 is 5.82 Å². The van der Waals surface area contributed by atoms with Gasteiger partial charge in [0, 0.05) is 6.04 Å². The zero-order valence-electron chi connectivity index (χ0n) is 10.3. The molecule has 0 spiro atoms. The zero-order chi connectivity index (χ0) is 13.8. The number of carbonyl (C=O) groups excluding carboxylic acids is 1. The summed E-state index contributed by atoms with van der Waals surface area (Å²) in [5, 5.41) is 17.3. The summed E-state index contributed by atoms with van der Waals surface area (Å²) in [6.45, 7) is 0.00292. The summed E-state index contributed by atoms with van der Waals surface area (Å²) in [7, 11) is 0. The summed E-state index contributed by atoms with van der Waals surface area (Å²) in [5.74, 6) is -0.428. The van der Waals surface area contributed by atoms with Gasteiger partial charge in [-0.2, -0.15) is 4.68 Å². The van der Waals surface area contributed by atoms with E-state index in [1.165, 1.54) is 17.3 Å². The highest BCUT2D eigenvalue weighted by Crippen LogP contribution is 2.22. The number of rotatable bonds is 4. The first-order valence-corrected chi connectivity index (χ1v) is 7.02. The molecule has 0 aliphatic heterocycles. The van der Waals surface area contributed by atoms with Crippen molar-refractivity contribution in [3.63, 3.8) is 0 Å². The molecule has 0 aromatic carbocycles. The lowest BCUT2D eigenvalue weighted by molar-refractivity contribution is -0.390. The van der Waals surface area contributed by atoms with Crippen molar-refractivity contribution in [3.05, 3.63) is 20.8 Å². The fourth-order valence-corrected chi connectivity index (χ4v) is 2.72. The van der Waals surface area contributed by atoms with Crippen molar-refractivity contribution in [2.24, 2.45) is 0 Å². The van der Waals surface area contributed by atoms with Gasteiger partial charge in [0.2, 0.25) is 5.91 Å². The number of nitrogens with zero attached hydrogens (tertiary/aromatic N) is 3. The van der Waals surface area contributed by atoms with Gasteiger partial charge in [-0.05, 0) is 33.7 Å². The Morgan fingerprint density at radius 2 is 2.21 bits per heavy atom. The van der Waals surface area contributed by atoms with Crippen molar-refractivity contribution < 1.29 is 9.72 Å². The molecule has 8 heteroatoms. The third-order valence-corrected chi connectivity index (χ3v) is 3.71. The van der Waals surface area contributed by atoms with Crippen LogP contribution in [0.5, 0.6) is 0 Å². The quantitative estimate of drug-likeness (QED) is 0.675. The number of aromatic nitrogens is 2. The van der Waals surface area contributed by atoms with E-state index >= 15 is 0 Å². The van der Waals surface area contributed by atoms with Crippen LogP contribution in [0.3, 0.4) is 0 Å². The number of halogens is 1. The van der Waals surface area contributed by atoms with E-state index in [0.717, 1.165) is 25.7 Å². The number of hydrogen-bond acceptors (Lipinski definition) is 4. The molecule has 0 bridgehead atoms. The third kappa shape index (κ3) is 3.76. The highest BCUT2D eigenvalue weighted by Gasteiger charge is 2.21. The molecule has 1 aliphatic rings. The van der Waals surface area contributed by atoms with Gasteiger partial charge in [-0.25, -0.2) is 0 Å². The molecular formula is C11H15BrN4O3. The predicted molar refractivity (Wildman–Crippen MR) is 71.6 cm³/mol. The zero-order valence-corrected chi connectivity index (χ0v) is 11.9. The first-order valence-electron chi connectivity index (χ1n) is 6.23. The summed E-state index contributed by atoms with van der Waals surface area (Å²) in [6.07, 6.45) is 6.97. The summed E-state index contributed by atoms with van der Waals surface area (Å²) < 4.78 is 1.56. The Labute approximate surface area is 118 Å². The average Bonchev–Trinajstić information content (AvgIpc) is 2.71. The van der Waals surface area contributed by atoms with E-state index < -0.39 is 4.92 Å². The monoisotopic (exact) mass is 330 g/mol. The topological polar surface area (TPSA) is 90.1 Å². The van der Waals surface area contributed by atoms with Crippen LogP contribution in [0.2, 0.25) is 0 Å². The van der Waals surface area contributed by atoms with Crippen LogP contribution >= 0.6 is 15.9 Å². The number of hydrogen-bond donors (Lipinski definition) is 1. The molecule has 1 aromatic rings. The van der Waals surface area contributed by atoms with Crippen molar-refractivity contribution >= 4 is 27.7 Å². The second-order valence-corrected chi connectivity index (χ2v) is 5.51. The molecule has 2 rings (SSSR count). The van der Waals surface area contributed by atoms with Gasteiger partial charge in [0.05, 0.1) is 11.3 Å². The average molecular weight is 331 g/mol. The van der Waals surface area contributed by atoms with Crippen molar-refractivity contribution in [1.29, 1.82) is 0 Å². The SMILES string of the molecule is O=C(Cn1cc(Br)c([N+](=O)[O-])n1)NC1CCCCC1. The maximum absolute atomic E-state index is 11.8. The van der Waals surface area contributed by atoms with E-state index in [2.05, 4.69) is 26.3 Å². The smallest absolute Gasteiger partial charge is 0.358 e. The van der Waals surface area contributed by atoms with Gasteiger partial charge in [-0.15, -0.1) is 0 Å². The molecular weight excluding hydrogens is 316 g/mol. The lowest BCUT2D eigenvalue weighted by atomic mass is 9.95. The molecule has 0 atom stereocenters. The molecule has 1 amide bonds. The van der Waals surface area contributed by atoms with Crippen LogP contribution in [0.15, 0.2) is 10.7 Å². The second kappa shape index (κ2) is 6.14. The molecule has 1 heterocycles. The first-order chi connectivity index (χ1) is 9.06. The van der Waals surface area contributed by atoms with E-state index in [4.69, 9.17) is 0 Å². The molecule has 0 unspecified atom stereocenters. The van der Waals surface area contributed by atoms with E-state index in [-0.39, 0.29) is 28.8 Å². The maximum Gasteiger partial charge on any atom is 0.404 e. The second-order valence-electron chi connectivity index (χ2n) is 4.66. The molecule has 0 radical (unpaired) electrons. The molecule has 1 saturated carbocycles. The molecule has 1 fully saturated rings. The van der Waals surface area contributed by atoms with Crippen molar-refractivity contribution in [1.82, 2.24) is 15.1 Å². The Kier molecular flexibility index (Phi) is 4.52. The van der Waals surface area contributed by atoms with Crippen LogP contribution in [0.25, 0.3) is 0 Å². The number of carbonyl (C=O) groups is 1. The summed E-state index contributed by atoms with van der Waals surface area (Å²) in [5.41, 5.74) is 0. The minimum Gasteiger partial charge on any atom is -0.358 e. The summed E-state index contributed by atoms with van der Waals surface area (Å²) >= 11 is 3.05. The van der Waals surface area contributed by atoms with E-state index in [0.29, 0.717) is 0 Å². The van der Waals surface area contributed by atoms with Crippen molar-refractivity contribution in [2.45, 2.75) is 44.7 Å². The number of amides is 1. The van der Waals surface area contributed by atoms with E-state index in [9.17, 15) is 14.9 Å². The Morgan fingerprint density at radius 1 is 1.53 bits per heavy atom. The molecule has 0 saturated heterocycles. The highest BCUT2D eigenvalue weighted by molar-refractivity contribution is 9.10. The molecule has 19 heavy (non-hydrogen) atoms. The first kappa shape index (κ1) is 14.0. The predicted octanol–water partition coefficient (Wildman–Crippen LogP) is 2.00. The summed E-state index contributed by atoms with van der Waals surface area (Å²) in [4.78, 5) is 21.9. The molecule has 1 N–H and O–H groups in total. The van der Waals surface area contributed by atoms with Crippen LogP contribution in [-0.2, 0) is 11.3 Å². The molecule has 1 aliphatic carbocycles. The van der Waals surface area contributed by atoms with Gasteiger partial charge in [-0.1, -0.05) is 19.3 Å². The van der Waals surface area contributed by atoms with Crippen LogP contribution in [0.4, 0.5) is 5.82 Å². The van der Waals surface area contributed by atoms with E-state index in [1.807, 2.05) is 0 Å². The fourth-order valence-electron chi connectivity index (χ4n) is 2.26. The molecule has 7 nitrogen and oxygen atoms in total. The van der Waals surface area contributed by atoms with Crippen LogP contribution in [0.1, 0.15) is 32.1 Å². The number of nitro groups is 1. The van der Waals surface area contributed by atoms with Crippen LogP contribution in [0, 0.1) is 10.1 Å². The standard InChI is InChI=1S/C11H15BrN4O3/c12-9-6-15(14-11(9)16(18)19)7-10(17)13-8-4-2-1-3-5-8/h6,8H,1-5,7H2,(H,13,17). The van der Waals surface area contributed by atoms with Gasteiger partial charge < -0.3 is 15.4 Å². The molecule has 104 valence electrons. The molecule has 1 aromatic heterocycles. The van der Waals surface area contributed by atoms with Crippen molar-refractivity contribution in [2.75, 3.05) is 0 Å². The Balaban J connectivity index is 1.91. The third-order valence-electron chi connectivity index (χ3n) is 3.15. The van der Waals surface area contributed by atoms with Gasteiger partial charge in [0.25, 0.3) is 0 Å². The van der Waals surface area contributed by atoms with Gasteiger partial charge in [0.1, 0.15) is 11.0 Å². The minimum atomic E-state index is -0.584. The Morgan fingerprint density at radius 3 is 2.79 bits per heavy atom. The number of nitrogens with one attached hydrogen (secondary N) is 1. The van der Waals surface area contributed by atoms with E-state index in [1.54, 1.807) is 0 Å². The maximum atomic E-state index is 11.8. The lowest BCUT2D eigenvalue weighted by Gasteiger charge is -2.22. The fraction of sp³-hybridized carbons (Fsp3) is 0.636. The Hall–Kier alpha value is -1.44. The minimum absolute atomic E-state index is 0.00292. The van der Waals surface area contributed by atoms with Crippen molar-refractivity contribution in [3.8, 4) is 0 Å². The van der Waals surface area contributed by atoms with Crippen LogP contribution < -0.4 is 5.32 Å². The highest BCUT2D eigenvalue weighted by atomic mass is 79.9. The van der Waals surface area contributed by atoms with Crippen LogP contribution in [-0.4, -0.2) is 26.7 Å². The summed E-state index contributed by atoms with van der Waals surface area (Å²) in [6, 6.07) is 0.232.